The number of halogens is 1. The Morgan fingerprint density at radius 3 is 2.50 bits per heavy atom. The van der Waals surface area contributed by atoms with Gasteiger partial charge in [-0.3, -0.25) is 4.40 Å². The second-order valence-electron chi connectivity index (χ2n) is 5.30. The molecule has 4 rings (SSSR count). The number of rotatable bonds is 2. The minimum atomic E-state index is -0.00604. The molecule has 2 N–H and O–H groups in total. The monoisotopic (exact) mass is 328 g/mol. The van der Waals surface area contributed by atoms with Crippen LogP contribution in [0.15, 0.2) is 47.1 Å². The van der Waals surface area contributed by atoms with Gasteiger partial charge in [-0.25, -0.2) is 0 Å². The van der Waals surface area contributed by atoms with Gasteiger partial charge in [0, 0.05) is 16.4 Å². The molecule has 1 saturated carbocycles. The van der Waals surface area contributed by atoms with Gasteiger partial charge in [-0.2, -0.15) is 0 Å². The Balaban J connectivity index is 1.90. The van der Waals surface area contributed by atoms with Gasteiger partial charge < -0.3 is 5.73 Å². The summed E-state index contributed by atoms with van der Waals surface area (Å²) in [7, 11) is 0. The average molecular weight is 329 g/mol. The van der Waals surface area contributed by atoms with E-state index in [-0.39, 0.29) is 5.41 Å². The Morgan fingerprint density at radius 2 is 1.80 bits per heavy atom. The number of fused-ring (bicyclic) bond motifs is 1. The van der Waals surface area contributed by atoms with Crippen molar-refractivity contribution in [1.82, 2.24) is 14.6 Å². The lowest BCUT2D eigenvalue weighted by atomic mass is 9.95. The maximum absolute atomic E-state index is 5.78. The van der Waals surface area contributed by atoms with Crippen molar-refractivity contribution in [3.63, 3.8) is 0 Å². The molecule has 100 valence electrons. The lowest BCUT2D eigenvalue weighted by molar-refractivity contribution is 0.739. The fourth-order valence-corrected chi connectivity index (χ4v) is 3.10. The van der Waals surface area contributed by atoms with Gasteiger partial charge in [-0.05, 0) is 58.6 Å². The minimum absolute atomic E-state index is 0.00604. The number of pyridine rings is 1. The Kier molecular flexibility index (Phi) is 2.41. The zero-order chi connectivity index (χ0) is 13.7. The molecular formula is C15H13BrN4. The molecule has 5 heteroatoms. The van der Waals surface area contributed by atoms with Crippen LogP contribution in [-0.2, 0) is 5.41 Å². The van der Waals surface area contributed by atoms with Crippen molar-refractivity contribution < 1.29 is 0 Å². The Bertz CT molecular complexity index is 787. The molecular weight excluding hydrogens is 316 g/mol. The lowest BCUT2D eigenvalue weighted by Crippen LogP contribution is -2.13. The largest absolute Gasteiger partial charge is 0.399 e. The highest BCUT2D eigenvalue weighted by Gasteiger charge is 2.49. The molecule has 2 heterocycles. The minimum Gasteiger partial charge on any atom is -0.399 e. The van der Waals surface area contributed by atoms with Gasteiger partial charge in [0.15, 0.2) is 5.65 Å². The third-order valence-corrected chi connectivity index (χ3v) is 4.48. The summed E-state index contributed by atoms with van der Waals surface area (Å²) in [6.07, 6.45) is 4.23. The van der Waals surface area contributed by atoms with Gasteiger partial charge in [0.25, 0.3) is 0 Å². The van der Waals surface area contributed by atoms with Gasteiger partial charge in [0.05, 0.1) is 5.41 Å². The highest BCUT2D eigenvalue weighted by Crippen LogP contribution is 2.52. The molecule has 0 spiro atoms. The molecule has 0 atom stereocenters. The number of nitrogens with zero attached hydrogens (tertiary/aromatic N) is 3. The van der Waals surface area contributed by atoms with E-state index in [2.05, 4.69) is 42.7 Å². The summed E-state index contributed by atoms with van der Waals surface area (Å²) < 4.78 is 3.10. The molecule has 1 fully saturated rings. The zero-order valence-electron chi connectivity index (χ0n) is 10.8. The summed E-state index contributed by atoms with van der Waals surface area (Å²) in [4.78, 5) is 0. The number of nitrogen functional groups attached to an aromatic ring is 1. The SMILES string of the molecule is Nc1ccc(C2(c3nnc4ccc(Br)cn34)CC2)cc1. The standard InChI is InChI=1S/C15H13BrN4/c16-11-3-6-13-18-19-14(20(13)9-11)15(7-8-15)10-1-4-12(17)5-2-10/h1-6,9H,7-8,17H2. The third-order valence-electron chi connectivity index (χ3n) is 4.01. The molecule has 0 amide bonds. The average Bonchev–Trinajstić information content (AvgIpc) is 3.14. The molecule has 0 unspecified atom stereocenters. The fourth-order valence-electron chi connectivity index (χ4n) is 2.76. The molecule has 2 aromatic heterocycles. The van der Waals surface area contributed by atoms with Crippen molar-refractivity contribution >= 4 is 27.3 Å². The topological polar surface area (TPSA) is 56.2 Å². The smallest absolute Gasteiger partial charge is 0.160 e. The number of hydrogen-bond acceptors (Lipinski definition) is 3. The maximum atomic E-state index is 5.78. The first-order chi connectivity index (χ1) is 9.69. The predicted molar refractivity (Wildman–Crippen MR) is 81.6 cm³/mol. The molecule has 0 saturated heterocycles. The van der Waals surface area contributed by atoms with Gasteiger partial charge in [0.1, 0.15) is 5.82 Å². The van der Waals surface area contributed by atoms with E-state index in [1.54, 1.807) is 0 Å². The summed E-state index contributed by atoms with van der Waals surface area (Å²) in [5, 5.41) is 8.71. The van der Waals surface area contributed by atoms with E-state index in [0.717, 1.165) is 34.5 Å². The zero-order valence-corrected chi connectivity index (χ0v) is 12.3. The number of anilines is 1. The molecule has 1 aliphatic carbocycles. The normalized spacial score (nSPS) is 16.4. The van der Waals surface area contributed by atoms with Crippen LogP contribution in [0.1, 0.15) is 24.2 Å². The van der Waals surface area contributed by atoms with Crippen molar-refractivity contribution in [2.75, 3.05) is 5.73 Å². The first-order valence-electron chi connectivity index (χ1n) is 6.56. The van der Waals surface area contributed by atoms with Crippen LogP contribution in [0.5, 0.6) is 0 Å². The van der Waals surface area contributed by atoms with E-state index in [4.69, 9.17) is 5.73 Å². The first kappa shape index (κ1) is 11.9. The summed E-state index contributed by atoms with van der Waals surface area (Å²) in [6.45, 7) is 0. The van der Waals surface area contributed by atoms with Crippen LogP contribution in [0.25, 0.3) is 5.65 Å². The highest BCUT2D eigenvalue weighted by atomic mass is 79.9. The van der Waals surface area contributed by atoms with Gasteiger partial charge in [-0.15, -0.1) is 10.2 Å². The van der Waals surface area contributed by atoms with Crippen LogP contribution in [0.2, 0.25) is 0 Å². The molecule has 0 radical (unpaired) electrons. The number of hydrogen-bond donors (Lipinski definition) is 1. The molecule has 0 aliphatic heterocycles. The quantitative estimate of drug-likeness (QED) is 0.735. The van der Waals surface area contributed by atoms with Crippen LogP contribution in [0.3, 0.4) is 0 Å². The second-order valence-corrected chi connectivity index (χ2v) is 6.22. The first-order valence-corrected chi connectivity index (χ1v) is 7.35. The van der Waals surface area contributed by atoms with E-state index in [1.165, 1.54) is 5.56 Å². The van der Waals surface area contributed by atoms with Crippen molar-refractivity contribution in [2.24, 2.45) is 0 Å². The fraction of sp³-hybridized carbons (Fsp3) is 0.200. The van der Waals surface area contributed by atoms with Gasteiger partial charge in [0.2, 0.25) is 0 Å². The maximum Gasteiger partial charge on any atom is 0.160 e. The van der Waals surface area contributed by atoms with Gasteiger partial charge >= 0.3 is 0 Å². The third kappa shape index (κ3) is 1.66. The van der Waals surface area contributed by atoms with Crippen molar-refractivity contribution in [2.45, 2.75) is 18.3 Å². The number of benzene rings is 1. The van der Waals surface area contributed by atoms with Crippen LogP contribution in [-0.4, -0.2) is 14.6 Å². The van der Waals surface area contributed by atoms with Crippen LogP contribution in [0, 0.1) is 0 Å². The van der Waals surface area contributed by atoms with E-state index < -0.39 is 0 Å². The highest BCUT2D eigenvalue weighted by molar-refractivity contribution is 9.10. The predicted octanol–water partition coefficient (Wildman–Crippen LogP) is 3.15. The van der Waals surface area contributed by atoms with Gasteiger partial charge in [-0.1, -0.05) is 12.1 Å². The lowest BCUT2D eigenvalue weighted by Gasteiger charge is -2.14. The molecule has 1 aromatic carbocycles. The van der Waals surface area contributed by atoms with Crippen molar-refractivity contribution in [3.8, 4) is 0 Å². The van der Waals surface area contributed by atoms with E-state index in [1.807, 2.05) is 30.5 Å². The Labute approximate surface area is 124 Å². The molecule has 3 aromatic rings. The number of aromatic nitrogens is 3. The van der Waals surface area contributed by atoms with E-state index in [0.29, 0.717) is 0 Å². The summed E-state index contributed by atoms with van der Waals surface area (Å²) in [6, 6.07) is 12.1. The number of nitrogens with two attached hydrogens (primary N) is 1. The Morgan fingerprint density at radius 1 is 1.05 bits per heavy atom. The van der Waals surface area contributed by atoms with E-state index >= 15 is 0 Å². The molecule has 0 bridgehead atoms. The molecule has 4 nitrogen and oxygen atoms in total. The second kappa shape index (κ2) is 4.06. The molecule has 1 aliphatic rings. The molecule has 20 heavy (non-hydrogen) atoms. The van der Waals surface area contributed by atoms with Crippen LogP contribution >= 0.6 is 15.9 Å². The summed E-state index contributed by atoms with van der Waals surface area (Å²) >= 11 is 3.51. The van der Waals surface area contributed by atoms with E-state index in [9.17, 15) is 0 Å². The summed E-state index contributed by atoms with van der Waals surface area (Å²) in [5.74, 6) is 1.01. The van der Waals surface area contributed by atoms with Crippen molar-refractivity contribution in [3.05, 3.63) is 58.5 Å². The Hall–Kier alpha value is -1.88. The van der Waals surface area contributed by atoms with Crippen LogP contribution < -0.4 is 5.73 Å². The van der Waals surface area contributed by atoms with Crippen LogP contribution in [0.4, 0.5) is 5.69 Å². The van der Waals surface area contributed by atoms with Crippen molar-refractivity contribution in [1.29, 1.82) is 0 Å². The summed E-state index contributed by atoms with van der Waals surface area (Å²) in [5.41, 5.74) is 8.71.